The van der Waals surface area contributed by atoms with E-state index in [4.69, 9.17) is 0 Å². The summed E-state index contributed by atoms with van der Waals surface area (Å²) in [6.07, 6.45) is 2.81. The third-order valence-electron chi connectivity index (χ3n) is 2.01. The summed E-state index contributed by atoms with van der Waals surface area (Å²) < 4.78 is 0.913. The molecule has 0 unspecified atom stereocenters. The molecule has 0 bridgehead atoms. The molecule has 0 saturated heterocycles. The zero-order chi connectivity index (χ0) is 12.3. The van der Waals surface area contributed by atoms with Crippen molar-refractivity contribution < 1.29 is 4.92 Å². The van der Waals surface area contributed by atoms with E-state index in [1.165, 1.54) is 18.0 Å². The molecule has 0 aliphatic heterocycles. The van der Waals surface area contributed by atoms with Crippen molar-refractivity contribution in [3.05, 3.63) is 57.3 Å². The van der Waals surface area contributed by atoms with E-state index >= 15 is 0 Å². The van der Waals surface area contributed by atoms with Gasteiger partial charge in [0.2, 0.25) is 0 Å². The normalized spacial score (nSPS) is 10.2. The molecule has 0 spiro atoms. The number of hydrogen-bond donors (Lipinski definition) is 0. The number of hydrogen-bond acceptors (Lipinski definition) is 4. The molecular weight excluding hydrogens is 304 g/mol. The number of nitrogens with zero attached hydrogens (tertiary/aromatic N) is 2. The van der Waals surface area contributed by atoms with Gasteiger partial charge in [-0.25, -0.2) is 0 Å². The van der Waals surface area contributed by atoms with Gasteiger partial charge in [-0.05, 0) is 34.1 Å². The Bertz CT molecular complexity index is 563. The smallest absolute Gasteiger partial charge is 0.258 e. The van der Waals surface area contributed by atoms with E-state index in [1.807, 2.05) is 24.3 Å². The van der Waals surface area contributed by atoms with Gasteiger partial charge in [0.25, 0.3) is 0 Å². The fraction of sp³-hybridized carbons (Fsp3) is 0. The molecule has 2 rings (SSSR count). The van der Waals surface area contributed by atoms with Crippen LogP contribution >= 0.6 is 27.7 Å². The molecule has 0 amide bonds. The second-order valence-electron chi connectivity index (χ2n) is 3.13. The van der Waals surface area contributed by atoms with Gasteiger partial charge in [-0.2, -0.15) is 0 Å². The van der Waals surface area contributed by atoms with Gasteiger partial charge in [-0.3, -0.25) is 15.1 Å². The highest BCUT2D eigenvalue weighted by Gasteiger charge is 2.15. The Morgan fingerprint density at radius 3 is 2.71 bits per heavy atom. The van der Waals surface area contributed by atoms with Crippen molar-refractivity contribution in [1.82, 2.24) is 4.98 Å². The van der Waals surface area contributed by atoms with Crippen molar-refractivity contribution in [1.29, 1.82) is 0 Å². The molecule has 0 radical (unpaired) electrons. The Hall–Kier alpha value is -1.40. The van der Waals surface area contributed by atoms with E-state index in [0.29, 0.717) is 4.90 Å². The molecule has 2 aromatic rings. The van der Waals surface area contributed by atoms with Crippen molar-refractivity contribution in [2.75, 3.05) is 0 Å². The number of pyridine rings is 1. The highest BCUT2D eigenvalue weighted by atomic mass is 79.9. The summed E-state index contributed by atoms with van der Waals surface area (Å²) in [6.45, 7) is 0. The Morgan fingerprint density at radius 2 is 2.00 bits per heavy atom. The van der Waals surface area contributed by atoms with E-state index in [2.05, 4.69) is 20.9 Å². The van der Waals surface area contributed by atoms with E-state index in [1.54, 1.807) is 12.3 Å². The summed E-state index contributed by atoms with van der Waals surface area (Å²) in [5.41, 5.74) is 0.0215. The van der Waals surface area contributed by atoms with E-state index in [9.17, 15) is 10.1 Å². The molecule has 1 aromatic heterocycles. The second-order valence-corrected chi connectivity index (χ2v) is 5.07. The lowest BCUT2D eigenvalue weighted by Gasteiger charge is -2.04. The van der Waals surface area contributed by atoms with Crippen LogP contribution in [0.4, 0.5) is 5.69 Å². The molecule has 0 saturated carbocycles. The minimum Gasteiger partial charge on any atom is -0.258 e. The number of halogens is 1. The molecular formula is C11H7BrN2O2S. The average Bonchev–Trinajstić information content (AvgIpc) is 2.32. The minimum absolute atomic E-state index is 0.0215. The summed E-state index contributed by atoms with van der Waals surface area (Å²) in [6, 6.07) is 9.23. The SMILES string of the molecule is O=[N+]([O-])c1cnccc1Sc1ccccc1Br. The first kappa shape index (κ1) is 12.1. The van der Waals surface area contributed by atoms with Crippen molar-refractivity contribution >= 4 is 33.4 Å². The maximum absolute atomic E-state index is 10.8. The topological polar surface area (TPSA) is 56.0 Å². The van der Waals surface area contributed by atoms with E-state index in [0.717, 1.165) is 9.37 Å². The van der Waals surface area contributed by atoms with Gasteiger partial charge >= 0.3 is 5.69 Å². The highest BCUT2D eigenvalue weighted by Crippen LogP contribution is 2.37. The monoisotopic (exact) mass is 310 g/mol. The van der Waals surface area contributed by atoms with Crippen LogP contribution in [0.3, 0.4) is 0 Å². The van der Waals surface area contributed by atoms with Gasteiger partial charge in [0.05, 0.1) is 9.82 Å². The molecule has 0 aliphatic carbocycles. The van der Waals surface area contributed by atoms with Crippen molar-refractivity contribution in [3.63, 3.8) is 0 Å². The molecule has 0 aliphatic rings. The maximum Gasteiger partial charge on any atom is 0.301 e. The summed E-state index contributed by atoms with van der Waals surface area (Å²) in [4.78, 5) is 15.7. The Balaban J connectivity index is 2.37. The van der Waals surface area contributed by atoms with Crippen LogP contribution in [-0.2, 0) is 0 Å². The molecule has 0 N–H and O–H groups in total. The van der Waals surface area contributed by atoms with Crippen molar-refractivity contribution in [2.45, 2.75) is 9.79 Å². The summed E-state index contributed by atoms with van der Waals surface area (Å²) in [5.74, 6) is 0. The lowest BCUT2D eigenvalue weighted by atomic mass is 10.4. The number of benzene rings is 1. The first-order chi connectivity index (χ1) is 8.18. The third-order valence-corrected chi connectivity index (χ3v) is 4.11. The van der Waals surface area contributed by atoms with Gasteiger partial charge in [0, 0.05) is 15.6 Å². The fourth-order valence-corrected chi connectivity index (χ4v) is 2.68. The summed E-state index contributed by atoms with van der Waals surface area (Å²) >= 11 is 4.75. The molecule has 17 heavy (non-hydrogen) atoms. The lowest BCUT2D eigenvalue weighted by Crippen LogP contribution is -1.91. The maximum atomic E-state index is 10.8. The number of nitro groups is 1. The number of rotatable bonds is 3. The molecule has 0 atom stereocenters. The molecule has 86 valence electrons. The Morgan fingerprint density at radius 1 is 1.24 bits per heavy atom. The van der Waals surface area contributed by atoms with Crippen LogP contribution in [0.5, 0.6) is 0 Å². The predicted molar refractivity (Wildman–Crippen MR) is 69.2 cm³/mol. The van der Waals surface area contributed by atoms with Gasteiger partial charge in [0.1, 0.15) is 6.20 Å². The Kier molecular flexibility index (Phi) is 3.75. The predicted octanol–water partition coefficient (Wildman–Crippen LogP) is 3.90. The van der Waals surface area contributed by atoms with Crippen LogP contribution in [-0.4, -0.2) is 9.91 Å². The van der Waals surface area contributed by atoms with Crippen LogP contribution in [0, 0.1) is 10.1 Å². The van der Waals surface area contributed by atoms with Crippen LogP contribution in [0.2, 0.25) is 0 Å². The number of aromatic nitrogens is 1. The zero-order valence-corrected chi connectivity index (χ0v) is 10.9. The molecule has 1 aromatic carbocycles. The minimum atomic E-state index is -0.424. The third kappa shape index (κ3) is 2.83. The lowest BCUT2D eigenvalue weighted by molar-refractivity contribution is -0.388. The fourth-order valence-electron chi connectivity index (χ4n) is 1.24. The standard InChI is InChI=1S/C11H7BrN2O2S/c12-8-3-1-2-4-10(8)17-11-5-6-13-7-9(11)14(15)16/h1-7H. The van der Waals surface area contributed by atoms with Crippen LogP contribution in [0.25, 0.3) is 0 Å². The second kappa shape index (κ2) is 5.29. The van der Waals surface area contributed by atoms with Gasteiger partial charge in [0.15, 0.2) is 0 Å². The van der Waals surface area contributed by atoms with E-state index in [-0.39, 0.29) is 5.69 Å². The zero-order valence-electron chi connectivity index (χ0n) is 8.54. The first-order valence-electron chi connectivity index (χ1n) is 4.69. The molecule has 6 heteroatoms. The summed E-state index contributed by atoms with van der Waals surface area (Å²) in [7, 11) is 0. The molecule has 1 heterocycles. The quantitative estimate of drug-likeness (QED) is 0.637. The average molecular weight is 311 g/mol. The summed E-state index contributed by atoms with van der Waals surface area (Å²) in [5, 5.41) is 10.8. The van der Waals surface area contributed by atoms with Crippen molar-refractivity contribution in [2.24, 2.45) is 0 Å². The van der Waals surface area contributed by atoms with Crippen molar-refractivity contribution in [3.8, 4) is 0 Å². The highest BCUT2D eigenvalue weighted by molar-refractivity contribution is 9.10. The van der Waals surface area contributed by atoms with Gasteiger partial charge < -0.3 is 0 Å². The van der Waals surface area contributed by atoms with Crippen LogP contribution < -0.4 is 0 Å². The van der Waals surface area contributed by atoms with Gasteiger partial charge in [-0.1, -0.05) is 23.9 Å². The van der Waals surface area contributed by atoms with Gasteiger partial charge in [-0.15, -0.1) is 0 Å². The van der Waals surface area contributed by atoms with Crippen LogP contribution in [0.1, 0.15) is 0 Å². The molecule has 4 nitrogen and oxygen atoms in total. The first-order valence-corrected chi connectivity index (χ1v) is 6.30. The van der Waals surface area contributed by atoms with E-state index < -0.39 is 4.92 Å². The molecule has 0 fully saturated rings. The largest absolute Gasteiger partial charge is 0.301 e. The van der Waals surface area contributed by atoms with Crippen LogP contribution in [0.15, 0.2) is 57.0 Å². The Labute approximate surface area is 110 Å².